The Balaban J connectivity index is 1.79. The highest BCUT2D eigenvalue weighted by Crippen LogP contribution is 2.31. The molecule has 0 bridgehead atoms. The maximum Gasteiger partial charge on any atom is 0.339 e. The number of nitrogens with zero attached hydrogens (tertiary/aromatic N) is 3. The largest absolute Gasteiger partial charge is 0.447 e. The first kappa shape index (κ1) is 19.3. The summed E-state index contributed by atoms with van der Waals surface area (Å²) in [6.07, 6.45) is 4.35. The highest BCUT2D eigenvalue weighted by Gasteiger charge is 2.24. The third-order valence-corrected chi connectivity index (χ3v) is 4.65. The number of aryl methyl sites for hydroxylation is 1. The number of rotatable bonds is 6. The normalized spacial score (nSPS) is 12.4. The summed E-state index contributed by atoms with van der Waals surface area (Å²) in [4.78, 5) is 17.1. The number of aromatic nitrogens is 3. The molecule has 0 aliphatic carbocycles. The van der Waals surface area contributed by atoms with Crippen LogP contribution >= 0.6 is 0 Å². The molecular formula is C25H21N3O2. The number of carbonyl (C=O) groups excluding carboxylic acids is 1. The van der Waals surface area contributed by atoms with Gasteiger partial charge in [0.15, 0.2) is 6.10 Å². The van der Waals surface area contributed by atoms with Gasteiger partial charge < -0.3 is 4.74 Å². The minimum atomic E-state index is -0.666. The second-order valence-corrected chi connectivity index (χ2v) is 6.89. The summed E-state index contributed by atoms with van der Waals surface area (Å²) in [5, 5.41) is 4.30. The van der Waals surface area contributed by atoms with Crippen molar-refractivity contribution >= 4 is 17.7 Å². The molecule has 1 unspecified atom stereocenters. The zero-order chi connectivity index (χ0) is 20.8. The lowest BCUT2D eigenvalue weighted by molar-refractivity contribution is 0.0399. The Kier molecular flexibility index (Phi) is 5.80. The zero-order valence-electron chi connectivity index (χ0n) is 16.6. The number of carbonyl (C=O) groups is 1. The van der Waals surface area contributed by atoms with Gasteiger partial charge in [0, 0.05) is 0 Å². The average Bonchev–Trinajstić information content (AvgIpc) is 3.32. The lowest BCUT2D eigenvalue weighted by Gasteiger charge is -2.22. The van der Waals surface area contributed by atoms with Gasteiger partial charge in [-0.05, 0) is 36.3 Å². The van der Waals surface area contributed by atoms with Crippen molar-refractivity contribution in [1.29, 1.82) is 0 Å². The van der Waals surface area contributed by atoms with Gasteiger partial charge in [-0.3, -0.25) is 0 Å². The molecule has 30 heavy (non-hydrogen) atoms. The molecular weight excluding hydrogens is 374 g/mol. The summed E-state index contributed by atoms with van der Waals surface area (Å²) in [5.41, 5.74) is 4.00. The minimum Gasteiger partial charge on any atom is -0.447 e. The van der Waals surface area contributed by atoms with Gasteiger partial charge in [0.25, 0.3) is 0 Å². The van der Waals surface area contributed by atoms with Crippen molar-refractivity contribution in [2.24, 2.45) is 0 Å². The summed E-state index contributed by atoms with van der Waals surface area (Å²) in [5.74, 6) is -0.397. The Labute approximate surface area is 175 Å². The lowest BCUT2D eigenvalue weighted by Crippen LogP contribution is -2.17. The molecule has 0 amide bonds. The fourth-order valence-corrected chi connectivity index (χ4v) is 3.20. The summed E-state index contributed by atoms with van der Waals surface area (Å²) in [6, 6.07) is 26.9. The van der Waals surface area contributed by atoms with E-state index in [1.54, 1.807) is 17.1 Å². The molecule has 0 radical (unpaired) electrons. The van der Waals surface area contributed by atoms with Crippen LogP contribution in [0.15, 0.2) is 97.6 Å². The van der Waals surface area contributed by atoms with Crippen molar-refractivity contribution in [3.63, 3.8) is 0 Å². The Bertz CT molecular complexity index is 1140. The summed E-state index contributed by atoms with van der Waals surface area (Å²) < 4.78 is 7.67. The molecule has 0 aliphatic rings. The number of ether oxygens (including phenoxy) is 1. The molecule has 1 heterocycles. The molecule has 0 saturated heterocycles. The predicted molar refractivity (Wildman–Crippen MR) is 116 cm³/mol. The Morgan fingerprint density at radius 1 is 0.967 bits per heavy atom. The monoisotopic (exact) mass is 395 g/mol. The fourth-order valence-electron chi connectivity index (χ4n) is 3.20. The minimum absolute atomic E-state index is 0.397. The van der Waals surface area contributed by atoms with Gasteiger partial charge in [0.05, 0.1) is 11.3 Å². The fraction of sp³-hybridized carbons (Fsp3) is 0.0800. The van der Waals surface area contributed by atoms with Crippen LogP contribution in [0.2, 0.25) is 0 Å². The Morgan fingerprint density at radius 3 is 2.37 bits per heavy atom. The van der Waals surface area contributed by atoms with E-state index in [9.17, 15) is 4.79 Å². The third-order valence-electron chi connectivity index (χ3n) is 4.65. The molecule has 5 nitrogen and oxygen atoms in total. The highest BCUT2D eigenvalue weighted by atomic mass is 16.5. The molecule has 5 heteroatoms. The molecule has 0 saturated carbocycles. The molecule has 4 rings (SSSR count). The molecule has 148 valence electrons. The van der Waals surface area contributed by atoms with E-state index < -0.39 is 12.1 Å². The summed E-state index contributed by atoms with van der Waals surface area (Å²) in [6.45, 7) is 1.95. The third kappa shape index (κ3) is 4.52. The van der Waals surface area contributed by atoms with Crippen molar-refractivity contribution in [3.05, 3.63) is 120 Å². The predicted octanol–water partition coefficient (Wildman–Crippen LogP) is 5.18. The van der Waals surface area contributed by atoms with Crippen LogP contribution in [0.4, 0.5) is 0 Å². The van der Waals surface area contributed by atoms with E-state index in [0.29, 0.717) is 11.3 Å². The maximum atomic E-state index is 13.0. The first-order valence-corrected chi connectivity index (χ1v) is 9.65. The molecule has 0 spiro atoms. The quantitative estimate of drug-likeness (QED) is 0.422. The summed E-state index contributed by atoms with van der Waals surface area (Å²) >= 11 is 0. The Hall–Kier alpha value is -3.99. The maximum absolute atomic E-state index is 13.0. The van der Waals surface area contributed by atoms with Crippen molar-refractivity contribution in [3.8, 4) is 0 Å². The molecule has 0 N–H and O–H groups in total. The van der Waals surface area contributed by atoms with E-state index in [1.165, 1.54) is 6.33 Å². The smallest absolute Gasteiger partial charge is 0.339 e. The van der Waals surface area contributed by atoms with Gasteiger partial charge in [0.1, 0.15) is 12.7 Å². The first-order valence-electron chi connectivity index (χ1n) is 9.65. The molecule has 0 aliphatic heterocycles. The molecule has 4 aromatic rings. The van der Waals surface area contributed by atoms with E-state index in [0.717, 1.165) is 16.7 Å². The number of esters is 1. The summed E-state index contributed by atoms with van der Waals surface area (Å²) in [7, 11) is 0. The Morgan fingerprint density at radius 2 is 1.70 bits per heavy atom. The number of benzene rings is 3. The second kappa shape index (κ2) is 9.01. The topological polar surface area (TPSA) is 57.0 Å². The van der Waals surface area contributed by atoms with Gasteiger partial charge in [-0.15, -0.1) is 0 Å². The van der Waals surface area contributed by atoms with Gasteiger partial charge >= 0.3 is 5.97 Å². The first-order chi connectivity index (χ1) is 14.7. The van der Waals surface area contributed by atoms with Crippen LogP contribution in [0.5, 0.6) is 0 Å². The highest BCUT2D eigenvalue weighted by molar-refractivity contribution is 5.90. The van der Waals surface area contributed by atoms with E-state index in [-0.39, 0.29) is 0 Å². The van der Waals surface area contributed by atoms with Crippen LogP contribution in [0.1, 0.15) is 33.2 Å². The van der Waals surface area contributed by atoms with Crippen LogP contribution in [-0.4, -0.2) is 20.7 Å². The van der Waals surface area contributed by atoms with Crippen LogP contribution in [-0.2, 0) is 4.74 Å². The van der Waals surface area contributed by atoms with E-state index >= 15 is 0 Å². The molecule has 3 aromatic carbocycles. The van der Waals surface area contributed by atoms with E-state index in [2.05, 4.69) is 10.1 Å². The lowest BCUT2D eigenvalue weighted by atomic mass is 10.0. The molecule has 1 atom stereocenters. The van der Waals surface area contributed by atoms with Crippen molar-refractivity contribution in [2.45, 2.75) is 13.0 Å². The second-order valence-electron chi connectivity index (χ2n) is 6.89. The van der Waals surface area contributed by atoms with Crippen LogP contribution in [0, 0.1) is 6.92 Å². The van der Waals surface area contributed by atoms with Crippen molar-refractivity contribution in [1.82, 2.24) is 14.8 Å². The van der Waals surface area contributed by atoms with E-state index in [4.69, 9.17) is 4.74 Å². The van der Waals surface area contributed by atoms with Crippen LogP contribution in [0.25, 0.3) is 11.8 Å². The van der Waals surface area contributed by atoms with Gasteiger partial charge in [-0.2, -0.15) is 5.10 Å². The SMILES string of the molecule is Cc1cccc(C(=O)OC(/C(=C\c2ccccc2)n2cncn2)c2ccccc2)c1. The average molecular weight is 395 g/mol. The van der Waals surface area contributed by atoms with Crippen LogP contribution in [0.3, 0.4) is 0 Å². The van der Waals surface area contributed by atoms with Crippen molar-refractivity contribution < 1.29 is 9.53 Å². The van der Waals surface area contributed by atoms with E-state index in [1.807, 2.05) is 91.9 Å². The number of hydrogen-bond donors (Lipinski definition) is 0. The van der Waals surface area contributed by atoms with Gasteiger partial charge in [0.2, 0.25) is 0 Å². The van der Waals surface area contributed by atoms with Crippen LogP contribution < -0.4 is 0 Å². The molecule has 1 aromatic heterocycles. The zero-order valence-corrected chi connectivity index (χ0v) is 16.6. The molecule has 0 fully saturated rings. The van der Waals surface area contributed by atoms with Crippen molar-refractivity contribution in [2.75, 3.05) is 0 Å². The standard InChI is InChI=1S/C25H21N3O2/c1-19-9-8-14-22(15-19)25(29)30-24(21-12-6-3-7-13-21)23(28-18-26-17-27-28)16-20-10-4-2-5-11-20/h2-18,24H,1H3/b23-16+. The number of hydrogen-bond acceptors (Lipinski definition) is 4. The van der Waals surface area contributed by atoms with Gasteiger partial charge in [-0.1, -0.05) is 78.4 Å². The van der Waals surface area contributed by atoms with Gasteiger partial charge in [-0.25, -0.2) is 14.5 Å².